The van der Waals surface area contributed by atoms with E-state index in [1.54, 1.807) is 12.4 Å². The topological polar surface area (TPSA) is 34.9 Å². The van der Waals surface area contributed by atoms with Gasteiger partial charge < -0.3 is 0 Å². The van der Waals surface area contributed by atoms with Crippen LogP contribution in [0.15, 0.2) is 61.7 Å². The van der Waals surface area contributed by atoms with Crippen molar-refractivity contribution in [2.24, 2.45) is 0 Å². The van der Waals surface area contributed by atoms with E-state index in [9.17, 15) is 4.79 Å². The summed E-state index contributed by atoms with van der Waals surface area (Å²) in [7, 11) is 0. The van der Waals surface area contributed by atoms with Crippen molar-refractivity contribution in [3.8, 4) is 0 Å². The predicted molar refractivity (Wildman–Crippen MR) is 76.0 cm³/mol. The minimum atomic E-state index is -0.0767. The molecular formula is C16H12N2O. The normalized spacial score (nSPS) is 10.5. The Morgan fingerprint density at radius 2 is 1.95 bits per heavy atom. The minimum absolute atomic E-state index is 0.0767. The third-order valence-corrected chi connectivity index (χ3v) is 3.09. The highest BCUT2D eigenvalue weighted by molar-refractivity contribution is 6.00. The molecule has 3 heteroatoms. The van der Waals surface area contributed by atoms with E-state index < -0.39 is 0 Å². The number of hydrogen-bond acceptors (Lipinski definition) is 2. The van der Waals surface area contributed by atoms with Gasteiger partial charge in [-0.25, -0.2) is 4.98 Å². The van der Waals surface area contributed by atoms with E-state index in [-0.39, 0.29) is 5.91 Å². The van der Waals surface area contributed by atoms with Crippen molar-refractivity contribution < 1.29 is 4.79 Å². The third-order valence-electron chi connectivity index (χ3n) is 3.09. The lowest BCUT2D eigenvalue weighted by atomic mass is 10.0. The van der Waals surface area contributed by atoms with Crippen molar-refractivity contribution in [3.05, 3.63) is 72.8 Å². The maximum absolute atomic E-state index is 12.2. The summed E-state index contributed by atoms with van der Waals surface area (Å²) in [5.41, 5.74) is 1.72. The molecule has 1 heterocycles. The summed E-state index contributed by atoms with van der Waals surface area (Å²) in [6, 6.07) is 11.7. The first-order valence-corrected chi connectivity index (χ1v) is 5.97. The fourth-order valence-electron chi connectivity index (χ4n) is 2.05. The lowest BCUT2D eigenvalue weighted by Crippen LogP contribution is -2.09. The van der Waals surface area contributed by atoms with Crippen LogP contribution < -0.4 is 0 Å². The molecule has 0 aliphatic rings. The SMILES string of the molecule is C=Cc1ccc2cc(C(=O)n3ccnc3)ccc2c1. The first-order valence-electron chi connectivity index (χ1n) is 5.97. The number of rotatable bonds is 2. The van der Waals surface area contributed by atoms with Crippen molar-refractivity contribution in [1.82, 2.24) is 9.55 Å². The van der Waals surface area contributed by atoms with Crippen LogP contribution in [0.5, 0.6) is 0 Å². The standard InChI is InChI=1S/C16H12N2O/c1-2-12-3-4-14-10-15(6-5-13(14)9-12)16(19)18-8-7-17-11-18/h2-11H,1H2. The van der Waals surface area contributed by atoms with E-state index in [1.165, 1.54) is 10.9 Å². The van der Waals surface area contributed by atoms with Crippen molar-refractivity contribution >= 4 is 22.8 Å². The molecule has 0 fully saturated rings. The van der Waals surface area contributed by atoms with Gasteiger partial charge in [0.2, 0.25) is 0 Å². The monoisotopic (exact) mass is 248 g/mol. The molecule has 0 N–H and O–H groups in total. The largest absolute Gasteiger partial charge is 0.272 e. The molecule has 0 radical (unpaired) electrons. The van der Waals surface area contributed by atoms with Crippen LogP contribution in [0.1, 0.15) is 15.9 Å². The molecule has 1 aromatic heterocycles. The second-order valence-electron chi connectivity index (χ2n) is 4.30. The molecule has 0 saturated heterocycles. The molecule has 0 bridgehead atoms. The average Bonchev–Trinajstić information content (AvgIpc) is 2.99. The van der Waals surface area contributed by atoms with Gasteiger partial charge in [0.15, 0.2) is 0 Å². The van der Waals surface area contributed by atoms with E-state index in [0.29, 0.717) is 5.56 Å². The molecule has 2 aromatic carbocycles. The van der Waals surface area contributed by atoms with Crippen LogP contribution in [0.25, 0.3) is 16.8 Å². The molecule has 0 aliphatic carbocycles. The van der Waals surface area contributed by atoms with Crippen molar-refractivity contribution in [1.29, 1.82) is 0 Å². The predicted octanol–water partition coefficient (Wildman–Crippen LogP) is 3.37. The first-order chi connectivity index (χ1) is 9.28. The zero-order chi connectivity index (χ0) is 13.2. The second kappa shape index (κ2) is 4.53. The Labute approximate surface area is 110 Å². The summed E-state index contributed by atoms with van der Waals surface area (Å²) in [5.74, 6) is -0.0767. The number of hydrogen-bond donors (Lipinski definition) is 0. The zero-order valence-corrected chi connectivity index (χ0v) is 10.3. The molecule has 0 aliphatic heterocycles. The summed E-state index contributed by atoms with van der Waals surface area (Å²) >= 11 is 0. The average molecular weight is 248 g/mol. The molecule has 3 nitrogen and oxygen atoms in total. The van der Waals surface area contributed by atoms with Crippen molar-refractivity contribution in [2.75, 3.05) is 0 Å². The van der Waals surface area contributed by atoms with Gasteiger partial charge in [-0.15, -0.1) is 0 Å². The fraction of sp³-hybridized carbons (Fsp3) is 0. The second-order valence-corrected chi connectivity index (χ2v) is 4.30. The molecule has 0 atom stereocenters. The van der Waals surface area contributed by atoms with Crippen LogP contribution in [-0.4, -0.2) is 15.5 Å². The van der Waals surface area contributed by atoms with Gasteiger partial charge in [0.25, 0.3) is 5.91 Å². The Morgan fingerprint density at radius 1 is 1.16 bits per heavy atom. The van der Waals surface area contributed by atoms with Gasteiger partial charge in [-0.05, 0) is 34.5 Å². The first kappa shape index (κ1) is 11.4. The summed E-state index contributed by atoms with van der Waals surface area (Å²) in [4.78, 5) is 16.1. The smallest absolute Gasteiger partial charge is 0.263 e. The summed E-state index contributed by atoms with van der Waals surface area (Å²) in [6.45, 7) is 3.75. The number of carbonyl (C=O) groups is 1. The maximum atomic E-state index is 12.2. The number of imidazole rings is 1. The highest BCUT2D eigenvalue weighted by atomic mass is 16.2. The van der Waals surface area contributed by atoms with Crippen LogP contribution in [0.4, 0.5) is 0 Å². The van der Waals surface area contributed by atoms with Gasteiger partial charge in [-0.2, -0.15) is 0 Å². The van der Waals surface area contributed by atoms with E-state index in [1.807, 2.05) is 42.5 Å². The number of carbonyl (C=O) groups excluding carboxylic acids is 1. The number of nitrogens with zero attached hydrogens (tertiary/aromatic N) is 2. The highest BCUT2D eigenvalue weighted by Gasteiger charge is 2.08. The van der Waals surface area contributed by atoms with Gasteiger partial charge in [0.05, 0.1) is 0 Å². The summed E-state index contributed by atoms with van der Waals surface area (Å²) in [5, 5.41) is 2.14. The number of fused-ring (bicyclic) bond motifs is 1. The van der Waals surface area contributed by atoms with Gasteiger partial charge in [-0.1, -0.05) is 30.9 Å². The molecule has 0 unspecified atom stereocenters. The lowest BCUT2D eigenvalue weighted by molar-refractivity contribution is 0.0960. The van der Waals surface area contributed by atoms with Crippen LogP contribution >= 0.6 is 0 Å². The van der Waals surface area contributed by atoms with Crippen LogP contribution in [0.2, 0.25) is 0 Å². The Balaban J connectivity index is 2.07. The molecule has 0 amide bonds. The van der Waals surface area contributed by atoms with E-state index >= 15 is 0 Å². The van der Waals surface area contributed by atoms with E-state index in [0.717, 1.165) is 16.3 Å². The molecular weight excluding hydrogens is 236 g/mol. The number of aromatic nitrogens is 2. The van der Waals surface area contributed by atoms with Gasteiger partial charge >= 0.3 is 0 Å². The summed E-state index contributed by atoms with van der Waals surface area (Å²) in [6.07, 6.45) is 6.56. The van der Waals surface area contributed by atoms with E-state index in [2.05, 4.69) is 11.6 Å². The molecule has 0 saturated carbocycles. The Bertz CT molecular complexity index is 758. The molecule has 3 rings (SSSR count). The van der Waals surface area contributed by atoms with E-state index in [4.69, 9.17) is 0 Å². The Hall–Kier alpha value is -2.68. The number of benzene rings is 2. The molecule has 92 valence electrons. The Morgan fingerprint density at radius 3 is 2.68 bits per heavy atom. The van der Waals surface area contributed by atoms with Gasteiger partial charge in [0, 0.05) is 18.0 Å². The highest BCUT2D eigenvalue weighted by Crippen LogP contribution is 2.19. The van der Waals surface area contributed by atoms with Gasteiger partial charge in [0.1, 0.15) is 6.33 Å². The zero-order valence-electron chi connectivity index (χ0n) is 10.3. The molecule has 3 aromatic rings. The minimum Gasteiger partial charge on any atom is -0.272 e. The van der Waals surface area contributed by atoms with Gasteiger partial charge in [-0.3, -0.25) is 9.36 Å². The van der Waals surface area contributed by atoms with Crippen LogP contribution in [-0.2, 0) is 0 Å². The van der Waals surface area contributed by atoms with Crippen LogP contribution in [0.3, 0.4) is 0 Å². The maximum Gasteiger partial charge on any atom is 0.263 e. The quantitative estimate of drug-likeness (QED) is 0.697. The third kappa shape index (κ3) is 2.06. The molecule has 19 heavy (non-hydrogen) atoms. The Kier molecular flexibility index (Phi) is 2.72. The lowest BCUT2D eigenvalue weighted by Gasteiger charge is -2.04. The van der Waals surface area contributed by atoms with Crippen LogP contribution in [0, 0.1) is 0 Å². The molecule has 0 spiro atoms. The fourth-order valence-corrected chi connectivity index (χ4v) is 2.05. The van der Waals surface area contributed by atoms with Crippen molar-refractivity contribution in [3.63, 3.8) is 0 Å². The summed E-state index contributed by atoms with van der Waals surface area (Å²) < 4.78 is 1.47. The van der Waals surface area contributed by atoms with Crippen molar-refractivity contribution in [2.45, 2.75) is 0 Å².